The highest BCUT2D eigenvalue weighted by atomic mass is 16.3. The smallest absolute Gasteiger partial charge is 0.199 e. The Morgan fingerprint density at radius 3 is 2.83 bits per heavy atom. The number of hydrogen-bond acceptors (Lipinski definition) is 3. The molecule has 0 radical (unpaired) electrons. The van der Waals surface area contributed by atoms with Gasteiger partial charge in [-0.1, -0.05) is 25.5 Å². The topological polar surface area (TPSA) is 42.2 Å². The predicted molar refractivity (Wildman–Crippen MR) is 73.0 cm³/mol. The van der Waals surface area contributed by atoms with Gasteiger partial charge in [-0.25, -0.2) is 0 Å². The van der Waals surface area contributed by atoms with Crippen LogP contribution in [0.4, 0.5) is 0 Å². The molecule has 2 rings (SSSR count). The maximum Gasteiger partial charge on any atom is 0.199 e. The normalized spacial score (nSPS) is 11.3. The van der Waals surface area contributed by atoms with Crippen LogP contribution in [0.3, 0.4) is 0 Å². The first-order valence-electron chi connectivity index (χ1n) is 6.33. The molecule has 0 saturated carbocycles. The van der Waals surface area contributed by atoms with Gasteiger partial charge in [-0.3, -0.25) is 4.79 Å². The van der Waals surface area contributed by atoms with Crippen LogP contribution in [0.2, 0.25) is 0 Å². The molecule has 1 aromatic heterocycles. The number of nitrogens with one attached hydrogen (secondary N) is 1. The summed E-state index contributed by atoms with van der Waals surface area (Å²) < 4.78 is 5.57. The van der Waals surface area contributed by atoms with Gasteiger partial charge in [0.1, 0.15) is 5.58 Å². The summed E-state index contributed by atoms with van der Waals surface area (Å²) in [6.45, 7) is 6.84. The third-order valence-electron chi connectivity index (χ3n) is 2.85. The Hall–Kier alpha value is -1.61. The predicted octanol–water partition coefficient (Wildman–Crippen LogP) is 3.31. The molecule has 2 aromatic rings. The Bertz CT molecular complexity index is 555. The van der Waals surface area contributed by atoms with Gasteiger partial charge in [-0.15, -0.1) is 0 Å². The molecule has 1 heterocycles. The van der Waals surface area contributed by atoms with Gasteiger partial charge in [0.05, 0.1) is 0 Å². The van der Waals surface area contributed by atoms with Gasteiger partial charge in [0.25, 0.3) is 0 Å². The molecule has 0 aliphatic carbocycles. The molecule has 0 spiro atoms. The average molecular weight is 245 g/mol. The second-order valence-corrected chi connectivity index (χ2v) is 4.93. The molecule has 0 saturated heterocycles. The van der Waals surface area contributed by atoms with E-state index in [1.165, 1.54) is 5.56 Å². The number of furan rings is 1. The summed E-state index contributed by atoms with van der Waals surface area (Å²) in [5.41, 5.74) is 1.95. The first kappa shape index (κ1) is 12.8. The van der Waals surface area contributed by atoms with Crippen molar-refractivity contribution in [3.05, 3.63) is 35.6 Å². The number of ketones is 1. The van der Waals surface area contributed by atoms with Crippen LogP contribution in [0.15, 0.2) is 28.7 Å². The van der Waals surface area contributed by atoms with Crippen molar-refractivity contribution in [1.82, 2.24) is 5.32 Å². The molecule has 0 bridgehead atoms. The molecule has 0 amide bonds. The van der Waals surface area contributed by atoms with E-state index in [-0.39, 0.29) is 5.78 Å². The second-order valence-electron chi connectivity index (χ2n) is 4.93. The van der Waals surface area contributed by atoms with Crippen LogP contribution in [0.5, 0.6) is 0 Å². The van der Waals surface area contributed by atoms with E-state index in [1.54, 1.807) is 0 Å². The van der Waals surface area contributed by atoms with Crippen LogP contribution in [0.1, 0.15) is 36.4 Å². The first-order valence-corrected chi connectivity index (χ1v) is 6.33. The van der Waals surface area contributed by atoms with Crippen LogP contribution >= 0.6 is 0 Å². The SMILES string of the molecule is Cc1ccc2oc(C(=O)CCNC(C)C)cc2c1. The van der Waals surface area contributed by atoms with Gasteiger partial charge < -0.3 is 9.73 Å². The number of fused-ring (bicyclic) bond motifs is 1. The minimum Gasteiger partial charge on any atom is -0.453 e. The number of carbonyl (C=O) groups excluding carboxylic acids is 1. The van der Waals surface area contributed by atoms with E-state index in [2.05, 4.69) is 19.2 Å². The largest absolute Gasteiger partial charge is 0.453 e. The maximum atomic E-state index is 11.9. The van der Waals surface area contributed by atoms with Crippen molar-refractivity contribution < 1.29 is 9.21 Å². The third-order valence-corrected chi connectivity index (χ3v) is 2.85. The zero-order valence-electron chi connectivity index (χ0n) is 11.1. The highest BCUT2D eigenvalue weighted by Crippen LogP contribution is 2.21. The molecule has 96 valence electrons. The Morgan fingerprint density at radius 1 is 1.33 bits per heavy atom. The minimum atomic E-state index is 0.0528. The van der Waals surface area contributed by atoms with Gasteiger partial charge in [0.2, 0.25) is 0 Å². The van der Waals surface area contributed by atoms with Crippen LogP contribution in [0, 0.1) is 6.92 Å². The highest BCUT2D eigenvalue weighted by molar-refractivity contribution is 5.97. The highest BCUT2D eigenvalue weighted by Gasteiger charge is 2.12. The Balaban J connectivity index is 2.08. The molecule has 0 unspecified atom stereocenters. The molecule has 1 aromatic carbocycles. The summed E-state index contributed by atoms with van der Waals surface area (Å²) in [4.78, 5) is 11.9. The molecule has 3 nitrogen and oxygen atoms in total. The Labute approximate surface area is 107 Å². The zero-order chi connectivity index (χ0) is 13.1. The van der Waals surface area contributed by atoms with E-state index in [0.29, 0.717) is 24.8 Å². The number of benzene rings is 1. The number of rotatable bonds is 5. The lowest BCUT2D eigenvalue weighted by Gasteiger charge is -2.05. The van der Waals surface area contributed by atoms with E-state index >= 15 is 0 Å². The molecule has 18 heavy (non-hydrogen) atoms. The fourth-order valence-corrected chi connectivity index (χ4v) is 1.90. The molecule has 3 heteroatoms. The summed E-state index contributed by atoms with van der Waals surface area (Å²) in [6.07, 6.45) is 0.469. The van der Waals surface area contributed by atoms with Crippen molar-refractivity contribution in [3.8, 4) is 0 Å². The van der Waals surface area contributed by atoms with Gasteiger partial charge in [-0.05, 0) is 25.1 Å². The van der Waals surface area contributed by atoms with Crippen molar-refractivity contribution in [2.75, 3.05) is 6.54 Å². The van der Waals surface area contributed by atoms with Crippen molar-refractivity contribution in [3.63, 3.8) is 0 Å². The quantitative estimate of drug-likeness (QED) is 0.822. The van der Waals surface area contributed by atoms with E-state index in [0.717, 1.165) is 11.0 Å². The number of hydrogen-bond donors (Lipinski definition) is 1. The summed E-state index contributed by atoms with van der Waals surface area (Å²) in [5.74, 6) is 0.512. The summed E-state index contributed by atoms with van der Waals surface area (Å²) in [6, 6.07) is 8.16. The second kappa shape index (κ2) is 5.36. The summed E-state index contributed by atoms with van der Waals surface area (Å²) >= 11 is 0. The molecule has 0 fully saturated rings. The van der Waals surface area contributed by atoms with Crippen LogP contribution in [-0.2, 0) is 0 Å². The molecule has 0 atom stereocenters. The molecule has 1 N–H and O–H groups in total. The third kappa shape index (κ3) is 2.99. The number of aryl methyl sites for hydroxylation is 1. The Morgan fingerprint density at radius 2 is 2.11 bits per heavy atom. The van der Waals surface area contributed by atoms with Crippen molar-refractivity contribution in [1.29, 1.82) is 0 Å². The van der Waals surface area contributed by atoms with Crippen molar-refractivity contribution in [2.45, 2.75) is 33.2 Å². The maximum absolute atomic E-state index is 11.9. The van der Waals surface area contributed by atoms with E-state index in [9.17, 15) is 4.79 Å². The Kier molecular flexibility index (Phi) is 3.82. The van der Waals surface area contributed by atoms with E-state index in [1.807, 2.05) is 31.2 Å². The lowest BCUT2D eigenvalue weighted by Crippen LogP contribution is -2.25. The lowest BCUT2D eigenvalue weighted by molar-refractivity contribution is 0.0957. The monoisotopic (exact) mass is 245 g/mol. The summed E-state index contributed by atoms with van der Waals surface area (Å²) in [7, 11) is 0. The molecular formula is C15H19NO2. The standard InChI is InChI=1S/C15H19NO2/c1-10(2)16-7-6-13(17)15-9-12-8-11(3)4-5-14(12)18-15/h4-5,8-10,16H,6-7H2,1-3H3. The zero-order valence-corrected chi connectivity index (χ0v) is 11.1. The number of Topliss-reactive ketones (excluding diaryl/α,β-unsaturated/α-hetero) is 1. The van der Waals surface area contributed by atoms with Crippen LogP contribution in [0.25, 0.3) is 11.0 Å². The summed E-state index contributed by atoms with van der Waals surface area (Å²) in [5, 5.41) is 4.22. The van der Waals surface area contributed by atoms with Crippen LogP contribution < -0.4 is 5.32 Å². The fourth-order valence-electron chi connectivity index (χ4n) is 1.90. The minimum absolute atomic E-state index is 0.0528. The molecule has 0 aliphatic heterocycles. The van der Waals surface area contributed by atoms with Gasteiger partial charge in [0, 0.05) is 24.4 Å². The van der Waals surface area contributed by atoms with Gasteiger partial charge in [0.15, 0.2) is 11.5 Å². The molecule has 0 aliphatic rings. The lowest BCUT2D eigenvalue weighted by atomic mass is 10.1. The average Bonchev–Trinajstić information content (AvgIpc) is 2.71. The van der Waals surface area contributed by atoms with Gasteiger partial charge >= 0.3 is 0 Å². The van der Waals surface area contributed by atoms with Gasteiger partial charge in [-0.2, -0.15) is 0 Å². The van der Waals surface area contributed by atoms with Crippen molar-refractivity contribution in [2.24, 2.45) is 0 Å². The van der Waals surface area contributed by atoms with E-state index in [4.69, 9.17) is 4.42 Å². The molecular weight excluding hydrogens is 226 g/mol. The van der Waals surface area contributed by atoms with Crippen LogP contribution in [-0.4, -0.2) is 18.4 Å². The fraction of sp³-hybridized carbons (Fsp3) is 0.400. The first-order chi connectivity index (χ1) is 8.56. The number of carbonyl (C=O) groups is 1. The van der Waals surface area contributed by atoms with Crippen molar-refractivity contribution >= 4 is 16.8 Å². The van der Waals surface area contributed by atoms with E-state index < -0.39 is 0 Å².